The van der Waals surface area contributed by atoms with E-state index in [1.54, 1.807) is 38.2 Å². The van der Waals surface area contributed by atoms with Crippen LogP contribution in [0.3, 0.4) is 0 Å². The highest BCUT2D eigenvalue weighted by Gasteiger charge is 2.08. The zero-order valence-electron chi connectivity index (χ0n) is 10.6. The second-order valence-corrected chi connectivity index (χ2v) is 3.37. The highest BCUT2D eigenvalue weighted by atomic mass is 16.5. The number of ether oxygens (including phenoxy) is 2. The van der Waals surface area contributed by atoms with E-state index in [2.05, 4.69) is 23.1 Å². The van der Waals surface area contributed by atoms with Crippen molar-refractivity contribution in [3.05, 3.63) is 61.4 Å². The Bertz CT molecular complexity index is 445. The van der Waals surface area contributed by atoms with Gasteiger partial charge in [-0.15, -0.1) is 0 Å². The molecule has 1 aromatic rings. The first-order valence-electron chi connectivity index (χ1n) is 5.42. The average Bonchev–Trinajstić information content (AvgIpc) is 2.35. The predicted octanol–water partition coefficient (Wildman–Crippen LogP) is 3.25. The number of rotatable bonds is 6. The molecule has 1 rings (SSSR count). The Morgan fingerprint density at radius 1 is 0.833 bits per heavy atom. The minimum Gasteiger partial charge on any atom is -0.445 e. The lowest BCUT2D eigenvalue weighted by atomic mass is 10.4. The normalized spacial score (nSPS) is 10.8. The van der Waals surface area contributed by atoms with Crippen LogP contribution in [0.5, 0.6) is 11.8 Å². The van der Waals surface area contributed by atoms with Crippen molar-refractivity contribution in [1.82, 2.24) is 9.97 Å². The summed E-state index contributed by atoms with van der Waals surface area (Å²) in [7, 11) is 0. The van der Waals surface area contributed by atoms with Crippen molar-refractivity contribution in [1.29, 1.82) is 0 Å². The first-order valence-corrected chi connectivity index (χ1v) is 5.42. The van der Waals surface area contributed by atoms with Gasteiger partial charge in [0, 0.05) is 0 Å². The molecule has 4 nitrogen and oxygen atoms in total. The maximum Gasteiger partial charge on any atom is 0.240 e. The van der Waals surface area contributed by atoms with Crippen molar-refractivity contribution < 1.29 is 9.47 Å². The Morgan fingerprint density at radius 3 is 1.56 bits per heavy atom. The molecule has 0 bridgehead atoms. The van der Waals surface area contributed by atoms with Gasteiger partial charge < -0.3 is 9.47 Å². The van der Waals surface area contributed by atoms with Crippen molar-refractivity contribution >= 4 is 0 Å². The lowest BCUT2D eigenvalue weighted by molar-refractivity contribution is 0.424. The zero-order valence-corrected chi connectivity index (χ0v) is 10.6. The van der Waals surface area contributed by atoms with Crippen LogP contribution in [0.25, 0.3) is 0 Å². The van der Waals surface area contributed by atoms with Crippen LogP contribution in [-0.2, 0) is 0 Å². The molecular weight excluding hydrogens is 228 g/mol. The monoisotopic (exact) mass is 244 g/mol. The lowest BCUT2D eigenvalue weighted by Gasteiger charge is -2.07. The number of allylic oxidation sites excluding steroid dienone is 4. The van der Waals surface area contributed by atoms with Crippen LogP contribution in [-0.4, -0.2) is 9.97 Å². The molecule has 0 atom stereocenters. The molecular formula is C14H16N2O2. The number of aromatic nitrogens is 2. The van der Waals surface area contributed by atoms with Gasteiger partial charge in [-0.25, -0.2) is 9.97 Å². The van der Waals surface area contributed by atoms with Gasteiger partial charge in [-0.3, -0.25) is 0 Å². The van der Waals surface area contributed by atoms with Gasteiger partial charge in [0.05, 0.1) is 12.5 Å². The topological polar surface area (TPSA) is 44.2 Å². The molecule has 0 aliphatic rings. The molecule has 0 amide bonds. The first-order chi connectivity index (χ1) is 8.69. The SMILES string of the molecule is C=CC=COc1nc(C)c(OC=CC=C)nc1C. The molecule has 0 radical (unpaired) electrons. The smallest absolute Gasteiger partial charge is 0.240 e. The van der Waals surface area contributed by atoms with Gasteiger partial charge in [-0.1, -0.05) is 25.3 Å². The fourth-order valence-electron chi connectivity index (χ4n) is 1.10. The van der Waals surface area contributed by atoms with Crippen molar-refractivity contribution in [3.63, 3.8) is 0 Å². The van der Waals surface area contributed by atoms with Gasteiger partial charge >= 0.3 is 0 Å². The van der Waals surface area contributed by atoms with Gasteiger partial charge in [0.15, 0.2) is 0 Å². The summed E-state index contributed by atoms with van der Waals surface area (Å²) < 4.78 is 10.6. The summed E-state index contributed by atoms with van der Waals surface area (Å²) in [6.45, 7) is 10.7. The third kappa shape index (κ3) is 3.90. The summed E-state index contributed by atoms with van der Waals surface area (Å²) in [6.07, 6.45) is 9.59. The highest BCUT2D eigenvalue weighted by Crippen LogP contribution is 2.20. The fourth-order valence-corrected chi connectivity index (χ4v) is 1.10. The van der Waals surface area contributed by atoms with E-state index in [9.17, 15) is 0 Å². The molecule has 4 heteroatoms. The van der Waals surface area contributed by atoms with E-state index in [1.165, 1.54) is 12.5 Å². The van der Waals surface area contributed by atoms with E-state index in [4.69, 9.17) is 9.47 Å². The van der Waals surface area contributed by atoms with E-state index in [1.807, 2.05) is 0 Å². The molecule has 18 heavy (non-hydrogen) atoms. The molecule has 0 N–H and O–H groups in total. The maximum absolute atomic E-state index is 5.32. The average molecular weight is 244 g/mol. The van der Waals surface area contributed by atoms with Crippen LogP contribution in [0, 0.1) is 13.8 Å². The Balaban J connectivity index is 2.89. The summed E-state index contributed by atoms with van der Waals surface area (Å²) in [5, 5.41) is 0. The Morgan fingerprint density at radius 2 is 1.22 bits per heavy atom. The van der Waals surface area contributed by atoms with Gasteiger partial charge in [-0.2, -0.15) is 0 Å². The Kier molecular flexibility index (Phi) is 5.38. The molecule has 1 aromatic heterocycles. The third-order valence-electron chi connectivity index (χ3n) is 1.95. The van der Waals surface area contributed by atoms with E-state index < -0.39 is 0 Å². The van der Waals surface area contributed by atoms with Crippen LogP contribution in [0.1, 0.15) is 11.4 Å². The van der Waals surface area contributed by atoms with E-state index in [0.29, 0.717) is 23.1 Å². The second-order valence-electron chi connectivity index (χ2n) is 3.37. The molecule has 0 saturated heterocycles. The highest BCUT2D eigenvalue weighted by molar-refractivity contribution is 5.28. The van der Waals surface area contributed by atoms with Crippen LogP contribution < -0.4 is 9.47 Å². The van der Waals surface area contributed by atoms with Crippen molar-refractivity contribution in [3.8, 4) is 11.8 Å². The van der Waals surface area contributed by atoms with Crippen LogP contribution in [0.15, 0.2) is 50.0 Å². The van der Waals surface area contributed by atoms with Crippen LogP contribution >= 0.6 is 0 Å². The molecule has 0 aliphatic carbocycles. The molecule has 0 aliphatic heterocycles. The molecule has 0 saturated carbocycles. The van der Waals surface area contributed by atoms with Crippen LogP contribution in [0.4, 0.5) is 0 Å². The van der Waals surface area contributed by atoms with Gasteiger partial charge in [0.1, 0.15) is 11.4 Å². The quantitative estimate of drug-likeness (QED) is 0.569. The predicted molar refractivity (Wildman–Crippen MR) is 71.4 cm³/mol. The van der Waals surface area contributed by atoms with E-state index in [0.717, 1.165) is 0 Å². The first kappa shape index (κ1) is 13.7. The van der Waals surface area contributed by atoms with E-state index in [-0.39, 0.29) is 0 Å². The summed E-state index contributed by atoms with van der Waals surface area (Å²) in [5.74, 6) is 0.899. The van der Waals surface area contributed by atoms with Crippen molar-refractivity contribution in [2.45, 2.75) is 13.8 Å². The lowest BCUT2D eigenvalue weighted by Crippen LogP contribution is -2.00. The standard InChI is InChI=1S/C14H16N2O2/c1-5-7-9-17-13-11(3)16-14(12(4)15-13)18-10-8-6-2/h5-10H,1-2H2,3-4H3. The number of aryl methyl sites for hydroxylation is 2. The Labute approximate surface area is 107 Å². The maximum atomic E-state index is 5.32. The minimum absolute atomic E-state index is 0.450. The molecule has 0 aromatic carbocycles. The minimum atomic E-state index is 0.450. The molecule has 94 valence electrons. The molecule has 0 fully saturated rings. The van der Waals surface area contributed by atoms with Gasteiger partial charge in [-0.05, 0) is 26.0 Å². The van der Waals surface area contributed by atoms with Crippen molar-refractivity contribution in [2.75, 3.05) is 0 Å². The summed E-state index contributed by atoms with van der Waals surface area (Å²) in [4.78, 5) is 8.54. The Hall–Kier alpha value is -2.36. The molecule has 0 spiro atoms. The van der Waals surface area contributed by atoms with Crippen LogP contribution in [0.2, 0.25) is 0 Å². The van der Waals surface area contributed by atoms with Gasteiger partial charge in [0.25, 0.3) is 0 Å². The van der Waals surface area contributed by atoms with E-state index >= 15 is 0 Å². The number of hydrogen-bond acceptors (Lipinski definition) is 4. The fraction of sp³-hybridized carbons (Fsp3) is 0.143. The summed E-state index contributed by atoms with van der Waals surface area (Å²) in [6, 6.07) is 0. The second kappa shape index (κ2) is 7.06. The molecule has 0 unspecified atom stereocenters. The molecule has 1 heterocycles. The summed E-state index contributed by atoms with van der Waals surface area (Å²) in [5.41, 5.74) is 1.30. The zero-order chi connectivity index (χ0) is 13.4. The third-order valence-corrected chi connectivity index (χ3v) is 1.95. The van der Waals surface area contributed by atoms with Crippen molar-refractivity contribution in [2.24, 2.45) is 0 Å². The summed E-state index contributed by atoms with van der Waals surface area (Å²) >= 11 is 0. The number of hydrogen-bond donors (Lipinski definition) is 0. The number of nitrogens with zero attached hydrogens (tertiary/aromatic N) is 2. The van der Waals surface area contributed by atoms with Gasteiger partial charge in [0.2, 0.25) is 11.8 Å². The largest absolute Gasteiger partial charge is 0.445 e.